The van der Waals surface area contributed by atoms with E-state index in [1.54, 1.807) is 25.6 Å². The highest BCUT2D eigenvalue weighted by Gasteiger charge is 2.12. The molecule has 2 aromatic rings. The quantitative estimate of drug-likeness (QED) is 0.784. The largest absolute Gasteiger partial charge is 0.493 e. The molecular weight excluding hydrogens is 270 g/mol. The van der Waals surface area contributed by atoms with Crippen molar-refractivity contribution in [1.82, 2.24) is 5.32 Å². The summed E-state index contributed by atoms with van der Waals surface area (Å²) < 4.78 is 10.8. The SMILES string of the molecule is CCCNCc1cc(OC)c(OC)cc1-c1ccsc1. The van der Waals surface area contributed by atoms with E-state index >= 15 is 0 Å². The van der Waals surface area contributed by atoms with Crippen molar-refractivity contribution in [2.45, 2.75) is 19.9 Å². The van der Waals surface area contributed by atoms with Gasteiger partial charge >= 0.3 is 0 Å². The number of hydrogen-bond acceptors (Lipinski definition) is 4. The number of rotatable bonds is 7. The van der Waals surface area contributed by atoms with E-state index in [0.29, 0.717) is 0 Å². The van der Waals surface area contributed by atoms with E-state index in [9.17, 15) is 0 Å². The predicted octanol–water partition coefficient (Wildman–Crippen LogP) is 3.93. The Morgan fingerprint density at radius 1 is 1.15 bits per heavy atom. The first kappa shape index (κ1) is 14.9. The third-order valence-corrected chi connectivity index (χ3v) is 3.87. The van der Waals surface area contributed by atoms with Gasteiger partial charge in [0.2, 0.25) is 0 Å². The number of benzene rings is 1. The molecule has 0 atom stereocenters. The zero-order chi connectivity index (χ0) is 14.4. The number of methoxy groups -OCH3 is 2. The van der Waals surface area contributed by atoms with Gasteiger partial charge in [0.15, 0.2) is 11.5 Å². The Balaban J connectivity index is 2.40. The van der Waals surface area contributed by atoms with Gasteiger partial charge in [0.25, 0.3) is 0 Å². The van der Waals surface area contributed by atoms with Crippen LogP contribution in [0, 0.1) is 0 Å². The molecule has 0 unspecified atom stereocenters. The lowest BCUT2D eigenvalue weighted by molar-refractivity contribution is 0.354. The van der Waals surface area contributed by atoms with Gasteiger partial charge in [-0.2, -0.15) is 11.3 Å². The Hall–Kier alpha value is -1.52. The van der Waals surface area contributed by atoms with Gasteiger partial charge in [-0.05, 0) is 58.6 Å². The van der Waals surface area contributed by atoms with Crippen LogP contribution in [0.15, 0.2) is 29.0 Å². The molecule has 1 aromatic heterocycles. The minimum absolute atomic E-state index is 0.771. The molecule has 1 N–H and O–H groups in total. The Morgan fingerprint density at radius 2 is 1.90 bits per heavy atom. The van der Waals surface area contributed by atoms with Crippen LogP contribution >= 0.6 is 11.3 Å². The van der Waals surface area contributed by atoms with Crippen molar-refractivity contribution in [3.63, 3.8) is 0 Å². The maximum Gasteiger partial charge on any atom is 0.161 e. The standard InChI is InChI=1S/C16H21NO2S/c1-4-6-17-10-13-8-15(18-2)16(19-3)9-14(13)12-5-7-20-11-12/h5,7-9,11,17H,4,6,10H2,1-3H3. The average Bonchev–Trinajstić information content (AvgIpc) is 3.01. The second-order valence-corrected chi connectivity index (χ2v) is 5.33. The second-order valence-electron chi connectivity index (χ2n) is 4.55. The van der Waals surface area contributed by atoms with Crippen molar-refractivity contribution in [3.05, 3.63) is 34.5 Å². The Labute approximate surface area is 124 Å². The van der Waals surface area contributed by atoms with E-state index in [-0.39, 0.29) is 0 Å². The molecule has 0 bridgehead atoms. The molecule has 0 radical (unpaired) electrons. The summed E-state index contributed by atoms with van der Waals surface area (Å²) in [6.07, 6.45) is 1.13. The minimum atomic E-state index is 0.771. The molecule has 3 nitrogen and oxygen atoms in total. The van der Waals surface area contributed by atoms with Gasteiger partial charge in [-0.15, -0.1) is 0 Å². The first-order valence-corrected chi connectivity index (χ1v) is 7.72. The van der Waals surface area contributed by atoms with E-state index in [1.807, 2.05) is 0 Å². The molecular formula is C16H21NO2S. The minimum Gasteiger partial charge on any atom is -0.493 e. The molecule has 0 saturated carbocycles. The summed E-state index contributed by atoms with van der Waals surface area (Å²) in [6, 6.07) is 6.26. The van der Waals surface area contributed by atoms with Crippen LogP contribution in [0.2, 0.25) is 0 Å². The summed E-state index contributed by atoms with van der Waals surface area (Å²) in [5.74, 6) is 1.55. The van der Waals surface area contributed by atoms with E-state index in [0.717, 1.165) is 31.0 Å². The van der Waals surface area contributed by atoms with Crippen LogP contribution in [0.5, 0.6) is 11.5 Å². The molecule has 2 rings (SSSR count). The maximum atomic E-state index is 5.41. The van der Waals surface area contributed by atoms with Gasteiger partial charge in [0, 0.05) is 6.54 Å². The normalized spacial score (nSPS) is 10.6. The van der Waals surface area contributed by atoms with E-state index in [1.165, 1.54) is 16.7 Å². The molecule has 0 aliphatic heterocycles. The zero-order valence-electron chi connectivity index (χ0n) is 12.2. The first-order valence-electron chi connectivity index (χ1n) is 6.78. The summed E-state index contributed by atoms with van der Waals surface area (Å²) in [5, 5.41) is 7.70. The maximum absolute atomic E-state index is 5.41. The van der Waals surface area contributed by atoms with Gasteiger partial charge in [0.05, 0.1) is 14.2 Å². The van der Waals surface area contributed by atoms with Crippen LogP contribution in [-0.4, -0.2) is 20.8 Å². The fourth-order valence-electron chi connectivity index (χ4n) is 2.15. The van der Waals surface area contributed by atoms with Crippen molar-refractivity contribution in [3.8, 4) is 22.6 Å². The molecule has 20 heavy (non-hydrogen) atoms. The lowest BCUT2D eigenvalue weighted by Gasteiger charge is -2.15. The van der Waals surface area contributed by atoms with Crippen molar-refractivity contribution < 1.29 is 9.47 Å². The number of ether oxygens (including phenoxy) is 2. The topological polar surface area (TPSA) is 30.5 Å². The zero-order valence-corrected chi connectivity index (χ0v) is 13.0. The highest BCUT2D eigenvalue weighted by molar-refractivity contribution is 7.08. The Bertz CT molecular complexity index is 538. The number of hydrogen-bond donors (Lipinski definition) is 1. The van der Waals surface area contributed by atoms with Crippen molar-refractivity contribution in [2.75, 3.05) is 20.8 Å². The number of nitrogens with one attached hydrogen (secondary N) is 1. The summed E-state index contributed by atoms with van der Waals surface area (Å²) in [6.45, 7) is 4.01. The molecule has 0 aliphatic rings. The lowest BCUT2D eigenvalue weighted by atomic mass is 10.0. The Morgan fingerprint density at radius 3 is 2.50 bits per heavy atom. The second kappa shape index (κ2) is 7.31. The third kappa shape index (κ3) is 3.32. The third-order valence-electron chi connectivity index (χ3n) is 3.18. The summed E-state index contributed by atoms with van der Waals surface area (Å²) in [4.78, 5) is 0. The summed E-state index contributed by atoms with van der Waals surface area (Å²) >= 11 is 1.70. The van der Waals surface area contributed by atoms with Crippen LogP contribution in [0.3, 0.4) is 0 Å². The highest BCUT2D eigenvalue weighted by atomic mass is 32.1. The molecule has 108 valence electrons. The average molecular weight is 291 g/mol. The molecule has 0 aliphatic carbocycles. The van der Waals surface area contributed by atoms with E-state index < -0.39 is 0 Å². The monoisotopic (exact) mass is 291 g/mol. The van der Waals surface area contributed by atoms with Crippen molar-refractivity contribution >= 4 is 11.3 Å². The van der Waals surface area contributed by atoms with Gasteiger partial charge in [-0.1, -0.05) is 6.92 Å². The van der Waals surface area contributed by atoms with Gasteiger partial charge in [-0.3, -0.25) is 0 Å². The lowest BCUT2D eigenvalue weighted by Crippen LogP contribution is -2.14. The van der Waals surface area contributed by atoms with Crippen LogP contribution in [0.25, 0.3) is 11.1 Å². The van der Waals surface area contributed by atoms with Crippen molar-refractivity contribution in [2.24, 2.45) is 0 Å². The van der Waals surface area contributed by atoms with Crippen LogP contribution < -0.4 is 14.8 Å². The molecule has 0 saturated heterocycles. The van der Waals surface area contributed by atoms with Gasteiger partial charge < -0.3 is 14.8 Å². The highest BCUT2D eigenvalue weighted by Crippen LogP contribution is 2.36. The van der Waals surface area contributed by atoms with E-state index in [2.05, 4.69) is 41.2 Å². The van der Waals surface area contributed by atoms with Crippen molar-refractivity contribution in [1.29, 1.82) is 0 Å². The fourth-order valence-corrected chi connectivity index (χ4v) is 2.81. The van der Waals surface area contributed by atoms with Gasteiger partial charge in [-0.25, -0.2) is 0 Å². The number of thiophene rings is 1. The van der Waals surface area contributed by atoms with Crippen LogP contribution in [0.1, 0.15) is 18.9 Å². The van der Waals surface area contributed by atoms with E-state index in [4.69, 9.17) is 9.47 Å². The van der Waals surface area contributed by atoms with Crippen LogP contribution in [0.4, 0.5) is 0 Å². The smallest absolute Gasteiger partial charge is 0.161 e. The Kier molecular flexibility index (Phi) is 5.44. The summed E-state index contributed by atoms with van der Waals surface area (Å²) in [7, 11) is 3.34. The molecule has 4 heteroatoms. The predicted molar refractivity (Wildman–Crippen MR) is 84.9 cm³/mol. The summed E-state index contributed by atoms with van der Waals surface area (Å²) in [5.41, 5.74) is 3.66. The molecule has 1 aromatic carbocycles. The fraction of sp³-hybridized carbons (Fsp3) is 0.375. The molecule has 0 spiro atoms. The first-order chi connectivity index (χ1) is 9.80. The molecule has 0 amide bonds. The van der Waals surface area contributed by atoms with Gasteiger partial charge in [0.1, 0.15) is 0 Å². The molecule has 1 heterocycles. The van der Waals surface area contributed by atoms with Crippen LogP contribution in [-0.2, 0) is 6.54 Å². The molecule has 0 fully saturated rings.